The summed E-state index contributed by atoms with van der Waals surface area (Å²) in [5.41, 5.74) is -1.63. The van der Waals surface area contributed by atoms with Crippen molar-refractivity contribution < 1.29 is 35.4 Å². The largest absolute Gasteiger partial charge is 0.534 e. The molecule has 1 aliphatic heterocycles. The molecule has 2 amide bonds. The van der Waals surface area contributed by atoms with Crippen LogP contribution in [0.5, 0.6) is 5.75 Å². The Bertz CT molecular complexity index is 1250. The Kier molecular flexibility index (Phi) is 4.89. The molecule has 154 valence electrons. The van der Waals surface area contributed by atoms with Gasteiger partial charge in [0.2, 0.25) is 0 Å². The fraction of sp³-hybridized carbons (Fsp3) is 0.133. The number of pyridine rings is 1. The van der Waals surface area contributed by atoms with Crippen LogP contribution in [0.2, 0.25) is 0 Å². The second kappa shape index (κ2) is 6.72. The monoisotopic (exact) mass is 543 g/mol. The van der Waals surface area contributed by atoms with Crippen molar-refractivity contribution in [2.45, 2.75) is 12.4 Å². The molecular weight excluding hydrogens is 534 g/mol. The maximum atomic E-state index is 12.8. The first-order valence-electron chi connectivity index (χ1n) is 7.47. The van der Waals surface area contributed by atoms with Crippen molar-refractivity contribution >= 4 is 50.3 Å². The molecule has 1 aliphatic rings. The molecule has 0 saturated heterocycles. The van der Waals surface area contributed by atoms with E-state index in [9.17, 15) is 36.0 Å². The maximum absolute atomic E-state index is 12.8. The third kappa shape index (κ3) is 3.45. The van der Waals surface area contributed by atoms with Gasteiger partial charge in [-0.3, -0.25) is 24.3 Å². The number of carbonyl (C=O) groups is 2. The minimum Gasteiger partial charge on any atom is -0.384 e. The summed E-state index contributed by atoms with van der Waals surface area (Å²) in [6, 6.07) is 2.90. The Labute approximate surface area is 173 Å². The number of nitrogens with one attached hydrogen (secondary N) is 1. The molecule has 0 spiro atoms. The van der Waals surface area contributed by atoms with E-state index in [1.165, 1.54) is 6.92 Å². The van der Waals surface area contributed by atoms with Crippen molar-refractivity contribution in [2.75, 3.05) is 5.73 Å². The van der Waals surface area contributed by atoms with Crippen LogP contribution >= 0.6 is 22.6 Å². The van der Waals surface area contributed by atoms with Crippen molar-refractivity contribution in [3.05, 3.63) is 48.8 Å². The van der Waals surface area contributed by atoms with Gasteiger partial charge in [-0.25, -0.2) is 0 Å². The molecule has 0 atom stereocenters. The minimum absolute atomic E-state index is 0.305. The number of aromatic nitrogens is 1. The number of amides is 2. The van der Waals surface area contributed by atoms with Gasteiger partial charge in [0.25, 0.3) is 17.4 Å². The zero-order chi connectivity index (χ0) is 21.9. The summed E-state index contributed by atoms with van der Waals surface area (Å²) >= 11 is 1.80. The topological polar surface area (TPSA) is 138 Å². The fourth-order valence-electron chi connectivity index (χ4n) is 2.58. The lowest BCUT2D eigenvalue weighted by molar-refractivity contribution is -0.0500. The number of carbonyl (C=O) groups excluding carboxylic acids is 2. The number of nitrogens with zero attached hydrogens (tertiary/aromatic N) is 1. The van der Waals surface area contributed by atoms with E-state index in [1.807, 2.05) is 5.32 Å². The number of rotatable bonds is 3. The zero-order valence-corrected chi connectivity index (χ0v) is 17.1. The number of nitrogens with two attached hydrogens (primary N) is 1. The molecule has 0 fully saturated rings. The van der Waals surface area contributed by atoms with Gasteiger partial charge in [0, 0.05) is 9.64 Å². The van der Waals surface area contributed by atoms with Gasteiger partial charge in [0.05, 0.1) is 16.8 Å². The van der Waals surface area contributed by atoms with Crippen molar-refractivity contribution in [1.82, 2.24) is 9.88 Å². The molecule has 3 N–H and O–H groups in total. The molecule has 29 heavy (non-hydrogen) atoms. The normalized spacial score (nSPS) is 14.0. The molecule has 1 aromatic carbocycles. The first-order chi connectivity index (χ1) is 13.2. The molecule has 2 heterocycles. The van der Waals surface area contributed by atoms with E-state index in [-0.39, 0.29) is 11.1 Å². The number of benzene rings is 1. The second-order valence-electron chi connectivity index (χ2n) is 5.83. The molecular formula is C15H9F3IN3O6S. The highest BCUT2D eigenvalue weighted by Gasteiger charge is 2.49. The molecule has 0 radical (unpaired) electrons. The van der Waals surface area contributed by atoms with Crippen LogP contribution in [-0.2, 0) is 10.1 Å². The first-order valence-corrected chi connectivity index (χ1v) is 9.96. The van der Waals surface area contributed by atoms with Gasteiger partial charge in [-0.05, 0) is 47.2 Å². The van der Waals surface area contributed by atoms with Gasteiger partial charge in [-0.1, -0.05) is 0 Å². The number of imide groups is 1. The number of fused-ring (bicyclic) bond motifs is 1. The summed E-state index contributed by atoms with van der Waals surface area (Å²) in [7, 11) is -6.06. The van der Waals surface area contributed by atoms with Crippen LogP contribution in [0.3, 0.4) is 0 Å². The number of hydrogen-bond donors (Lipinski definition) is 2. The molecule has 1 aromatic heterocycles. The number of alkyl halides is 3. The Morgan fingerprint density at radius 1 is 1.14 bits per heavy atom. The lowest BCUT2D eigenvalue weighted by Crippen LogP contribution is -2.29. The van der Waals surface area contributed by atoms with Crippen LogP contribution in [0, 0.1) is 10.5 Å². The van der Waals surface area contributed by atoms with Gasteiger partial charge in [-0.2, -0.15) is 21.6 Å². The second-order valence-corrected chi connectivity index (χ2v) is 8.53. The highest BCUT2D eigenvalue weighted by Crippen LogP contribution is 2.34. The van der Waals surface area contributed by atoms with Crippen LogP contribution in [0.4, 0.5) is 19.0 Å². The number of nitrogen functional groups attached to an aromatic ring is 1. The minimum atomic E-state index is -6.06. The zero-order valence-electron chi connectivity index (χ0n) is 14.1. The molecule has 0 saturated carbocycles. The van der Waals surface area contributed by atoms with E-state index in [4.69, 9.17) is 5.73 Å². The number of hydrogen-bond acceptors (Lipinski definition) is 7. The third-order valence-electron chi connectivity index (χ3n) is 3.92. The number of anilines is 1. The summed E-state index contributed by atoms with van der Waals surface area (Å²) in [5, 5.41) is 1.93. The molecule has 2 aromatic rings. The van der Waals surface area contributed by atoms with E-state index in [0.717, 1.165) is 18.2 Å². The fourth-order valence-corrected chi connectivity index (χ4v) is 3.49. The van der Waals surface area contributed by atoms with Gasteiger partial charge >= 0.3 is 15.6 Å². The Morgan fingerprint density at radius 3 is 2.34 bits per heavy atom. The van der Waals surface area contributed by atoms with E-state index in [2.05, 4.69) is 4.18 Å². The number of halogens is 4. The van der Waals surface area contributed by atoms with E-state index in [0.29, 0.717) is 13.7 Å². The quantitative estimate of drug-likeness (QED) is 0.259. The van der Waals surface area contributed by atoms with E-state index >= 15 is 0 Å². The molecule has 0 unspecified atom stereocenters. The van der Waals surface area contributed by atoms with E-state index < -0.39 is 50.3 Å². The third-order valence-corrected chi connectivity index (χ3v) is 6.05. The Balaban J connectivity index is 2.33. The Morgan fingerprint density at radius 2 is 1.76 bits per heavy atom. The van der Waals surface area contributed by atoms with Crippen molar-refractivity contribution in [1.29, 1.82) is 0 Å². The highest BCUT2D eigenvalue weighted by molar-refractivity contribution is 14.1. The van der Waals surface area contributed by atoms with E-state index in [1.54, 1.807) is 22.6 Å². The average molecular weight is 543 g/mol. The number of aryl methyl sites for hydroxylation is 1. The summed E-state index contributed by atoms with van der Waals surface area (Å²) in [6.45, 7) is 1.47. The highest BCUT2D eigenvalue weighted by atomic mass is 127. The van der Waals surface area contributed by atoms with Crippen molar-refractivity contribution in [3.63, 3.8) is 0 Å². The van der Waals surface area contributed by atoms with Crippen LogP contribution < -0.4 is 20.8 Å². The molecule has 9 nitrogen and oxygen atoms in total. The summed E-state index contributed by atoms with van der Waals surface area (Å²) in [5.74, 6) is -3.18. The summed E-state index contributed by atoms with van der Waals surface area (Å²) in [6.07, 6.45) is 0. The van der Waals surface area contributed by atoms with Gasteiger partial charge < -0.3 is 9.92 Å². The molecule has 3 rings (SSSR count). The van der Waals surface area contributed by atoms with Crippen molar-refractivity contribution in [2.24, 2.45) is 0 Å². The first kappa shape index (κ1) is 21.1. The predicted octanol–water partition coefficient (Wildman–Crippen LogP) is 1.44. The average Bonchev–Trinajstić information content (AvgIpc) is 2.84. The predicted molar refractivity (Wildman–Crippen MR) is 101 cm³/mol. The summed E-state index contributed by atoms with van der Waals surface area (Å²) in [4.78, 5) is 36.2. The van der Waals surface area contributed by atoms with Gasteiger partial charge in [-0.15, -0.1) is 0 Å². The molecule has 0 aliphatic carbocycles. The van der Waals surface area contributed by atoms with Crippen LogP contribution in [0.15, 0.2) is 23.0 Å². The van der Waals surface area contributed by atoms with Crippen molar-refractivity contribution in [3.8, 4) is 11.4 Å². The lowest BCUT2D eigenvalue weighted by Gasteiger charge is -2.18. The molecule has 0 bridgehead atoms. The SMILES string of the molecule is Cc1cc(OS(=O)(=O)C(F)(F)F)c(-n2c(N)c3c(cc2=O)C(=O)NC3=O)cc1I. The summed E-state index contributed by atoms with van der Waals surface area (Å²) < 4.78 is 66.5. The van der Waals surface area contributed by atoms with Crippen LogP contribution in [0.25, 0.3) is 5.69 Å². The van der Waals surface area contributed by atoms with Gasteiger partial charge in [0.15, 0.2) is 5.75 Å². The van der Waals surface area contributed by atoms with Crippen LogP contribution in [-0.4, -0.2) is 30.3 Å². The van der Waals surface area contributed by atoms with Crippen LogP contribution in [0.1, 0.15) is 26.3 Å². The maximum Gasteiger partial charge on any atom is 0.534 e. The standard InChI is InChI=1S/C15H9F3IN3O6S/c1-5-2-9(28-29(26,27)15(16,17)18)8(4-7(5)19)22-10(23)3-6-11(12(22)20)14(25)21-13(6)24/h2-4H,20H2,1H3,(H,21,24,25). The lowest BCUT2D eigenvalue weighted by atomic mass is 10.1. The Hall–Kier alpha value is -2.62. The van der Waals surface area contributed by atoms with Gasteiger partial charge in [0.1, 0.15) is 5.82 Å². The smallest absolute Gasteiger partial charge is 0.384 e. The molecule has 14 heteroatoms.